The van der Waals surface area contributed by atoms with Gasteiger partial charge in [0, 0.05) is 19.4 Å². The predicted molar refractivity (Wildman–Crippen MR) is 47.2 cm³/mol. The zero-order valence-corrected chi connectivity index (χ0v) is 7.90. The standard InChI is InChI=1S/C9H10N4O/c1-2-13-8(11-6-12-13)9(5-10)3-7(14)4-9/h6H,2-4H2,1H3. The van der Waals surface area contributed by atoms with E-state index >= 15 is 0 Å². The van der Waals surface area contributed by atoms with E-state index in [1.165, 1.54) is 6.33 Å². The predicted octanol–water partition coefficient (Wildman–Crippen LogP) is 0.422. The minimum absolute atomic E-state index is 0.122. The van der Waals surface area contributed by atoms with Crippen molar-refractivity contribution in [3.8, 4) is 6.07 Å². The molecule has 0 amide bonds. The number of carbonyl (C=O) groups is 1. The Morgan fingerprint density at radius 2 is 2.43 bits per heavy atom. The highest BCUT2D eigenvalue weighted by atomic mass is 16.1. The van der Waals surface area contributed by atoms with Crippen LogP contribution in [0, 0.1) is 11.3 Å². The summed E-state index contributed by atoms with van der Waals surface area (Å²) in [6.45, 7) is 2.61. The van der Waals surface area contributed by atoms with Crippen LogP contribution in [-0.2, 0) is 16.8 Å². The first-order valence-electron chi connectivity index (χ1n) is 4.53. The van der Waals surface area contributed by atoms with Crippen LogP contribution in [0.2, 0.25) is 0 Å². The van der Waals surface area contributed by atoms with Gasteiger partial charge in [0.1, 0.15) is 23.3 Å². The maximum Gasteiger partial charge on any atom is 0.148 e. The molecule has 1 saturated carbocycles. The van der Waals surface area contributed by atoms with Crippen LogP contribution in [0.5, 0.6) is 0 Å². The molecule has 0 N–H and O–H groups in total. The fourth-order valence-electron chi connectivity index (χ4n) is 1.77. The van der Waals surface area contributed by atoms with Gasteiger partial charge in [0.25, 0.3) is 0 Å². The van der Waals surface area contributed by atoms with E-state index in [4.69, 9.17) is 5.26 Å². The lowest BCUT2D eigenvalue weighted by molar-refractivity contribution is -0.127. The maximum atomic E-state index is 11.0. The van der Waals surface area contributed by atoms with E-state index < -0.39 is 5.41 Å². The Morgan fingerprint density at radius 3 is 2.93 bits per heavy atom. The maximum absolute atomic E-state index is 11.0. The Balaban J connectivity index is 2.39. The molecule has 1 heterocycles. The summed E-state index contributed by atoms with van der Waals surface area (Å²) in [4.78, 5) is 15.0. The van der Waals surface area contributed by atoms with Gasteiger partial charge in [-0.15, -0.1) is 0 Å². The largest absolute Gasteiger partial charge is 0.300 e. The molecule has 0 unspecified atom stereocenters. The first-order valence-corrected chi connectivity index (χ1v) is 4.53. The SMILES string of the molecule is CCn1ncnc1C1(C#N)CC(=O)C1. The van der Waals surface area contributed by atoms with Crippen LogP contribution in [0.1, 0.15) is 25.6 Å². The van der Waals surface area contributed by atoms with Crippen LogP contribution in [0.4, 0.5) is 0 Å². The summed E-state index contributed by atoms with van der Waals surface area (Å²) in [5.74, 6) is 0.749. The van der Waals surface area contributed by atoms with E-state index in [0.717, 1.165) is 0 Å². The second-order valence-corrected chi connectivity index (χ2v) is 3.49. The number of nitriles is 1. The molecule has 1 fully saturated rings. The average Bonchev–Trinajstić information content (AvgIpc) is 2.60. The average molecular weight is 190 g/mol. The van der Waals surface area contributed by atoms with Crippen molar-refractivity contribution in [1.82, 2.24) is 14.8 Å². The molecule has 0 aromatic carbocycles. The van der Waals surface area contributed by atoms with Gasteiger partial charge in [-0.05, 0) is 6.92 Å². The van der Waals surface area contributed by atoms with Gasteiger partial charge in [0.05, 0.1) is 6.07 Å². The monoisotopic (exact) mass is 190 g/mol. The molecule has 2 rings (SSSR count). The zero-order chi connectivity index (χ0) is 10.2. The second kappa shape index (κ2) is 2.91. The Labute approximate surface area is 81.4 Å². The molecule has 1 aromatic heterocycles. The first-order chi connectivity index (χ1) is 6.72. The summed E-state index contributed by atoms with van der Waals surface area (Å²) in [5, 5.41) is 13.1. The van der Waals surface area contributed by atoms with Gasteiger partial charge in [-0.3, -0.25) is 4.79 Å². The molecular weight excluding hydrogens is 180 g/mol. The van der Waals surface area contributed by atoms with Gasteiger partial charge < -0.3 is 0 Å². The van der Waals surface area contributed by atoms with Crippen LogP contribution in [0.3, 0.4) is 0 Å². The Hall–Kier alpha value is -1.70. The number of rotatable bonds is 2. The molecule has 1 aliphatic rings. The number of hydrogen-bond acceptors (Lipinski definition) is 4. The Morgan fingerprint density at radius 1 is 1.71 bits per heavy atom. The number of aryl methyl sites for hydroxylation is 1. The third-order valence-corrected chi connectivity index (χ3v) is 2.56. The van der Waals surface area contributed by atoms with Gasteiger partial charge in [0.2, 0.25) is 0 Å². The second-order valence-electron chi connectivity index (χ2n) is 3.49. The van der Waals surface area contributed by atoms with E-state index in [9.17, 15) is 4.79 Å². The van der Waals surface area contributed by atoms with Crippen LogP contribution >= 0.6 is 0 Å². The number of carbonyl (C=O) groups excluding carboxylic acids is 1. The molecule has 0 spiro atoms. The third-order valence-electron chi connectivity index (χ3n) is 2.56. The quantitative estimate of drug-likeness (QED) is 0.677. The number of aromatic nitrogens is 3. The number of hydrogen-bond donors (Lipinski definition) is 0. The van der Waals surface area contributed by atoms with E-state index in [-0.39, 0.29) is 18.6 Å². The lowest BCUT2D eigenvalue weighted by atomic mass is 9.68. The molecule has 14 heavy (non-hydrogen) atoms. The smallest absolute Gasteiger partial charge is 0.148 e. The van der Waals surface area contributed by atoms with Crippen LogP contribution in [0.25, 0.3) is 0 Å². The molecule has 5 heteroatoms. The van der Waals surface area contributed by atoms with Crippen molar-refractivity contribution in [3.05, 3.63) is 12.2 Å². The van der Waals surface area contributed by atoms with Gasteiger partial charge in [-0.25, -0.2) is 9.67 Å². The summed E-state index contributed by atoms with van der Waals surface area (Å²) in [6.07, 6.45) is 1.99. The van der Waals surface area contributed by atoms with Crippen molar-refractivity contribution in [1.29, 1.82) is 5.26 Å². The molecule has 1 aliphatic carbocycles. The molecule has 5 nitrogen and oxygen atoms in total. The topological polar surface area (TPSA) is 71.6 Å². The van der Waals surface area contributed by atoms with Gasteiger partial charge in [-0.2, -0.15) is 10.4 Å². The van der Waals surface area contributed by atoms with Gasteiger partial charge in [-0.1, -0.05) is 0 Å². The normalized spacial score (nSPS) is 18.7. The highest BCUT2D eigenvalue weighted by molar-refractivity contribution is 5.89. The van der Waals surface area contributed by atoms with Crippen molar-refractivity contribution in [3.63, 3.8) is 0 Å². The molecule has 1 aromatic rings. The molecule has 0 atom stereocenters. The fraction of sp³-hybridized carbons (Fsp3) is 0.556. The molecular formula is C9H10N4O. The lowest BCUT2D eigenvalue weighted by Crippen LogP contribution is -2.42. The van der Waals surface area contributed by atoms with Crippen molar-refractivity contribution >= 4 is 5.78 Å². The van der Waals surface area contributed by atoms with Crippen LogP contribution in [-0.4, -0.2) is 20.5 Å². The summed E-state index contributed by atoms with van der Waals surface area (Å²) < 4.78 is 1.68. The van der Waals surface area contributed by atoms with Crippen molar-refractivity contribution in [2.45, 2.75) is 31.7 Å². The van der Waals surface area contributed by atoms with Crippen LogP contribution in [0.15, 0.2) is 6.33 Å². The van der Waals surface area contributed by atoms with Crippen molar-refractivity contribution in [2.24, 2.45) is 0 Å². The molecule has 72 valence electrons. The van der Waals surface area contributed by atoms with E-state index in [1.54, 1.807) is 4.68 Å². The molecule has 0 bridgehead atoms. The summed E-state index contributed by atoms with van der Waals surface area (Å²) in [7, 11) is 0. The number of nitrogens with zero attached hydrogens (tertiary/aromatic N) is 4. The Bertz CT molecular complexity index is 407. The summed E-state index contributed by atoms with van der Waals surface area (Å²) in [6, 6.07) is 2.18. The number of Topliss-reactive ketones (excluding diaryl/α,β-unsaturated/α-hetero) is 1. The molecule has 0 saturated heterocycles. The first kappa shape index (κ1) is 8.88. The van der Waals surface area contributed by atoms with E-state index in [1.807, 2.05) is 6.92 Å². The summed E-state index contributed by atoms with van der Waals surface area (Å²) >= 11 is 0. The van der Waals surface area contributed by atoms with Gasteiger partial charge in [0.15, 0.2) is 0 Å². The highest BCUT2D eigenvalue weighted by Crippen LogP contribution is 2.39. The van der Waals surface area contributed by atoms with Gasteiger partial charge >= 0.3 is 0 Å². The van der Waals surface area contributed by atoms with E-state index in [0.29, 0.717) is 12.4 Å². The molecule has 0 radical (unpaired) electrons. The summed E-state index contributed by atoms with van der Waals surface area (Å²) in [5.41, 5.74) is -0.705. The van der Waals surface area contributed by atoms with E-state index in [2.05, 4.69) is 16.2 Å². The minimum Gasteiger partial charge on any atom is -0.300 e. The van der Waals surface area contributed by atoms with Crippen molar-refractivity contribution in [2.75, 3.05) is 0 Å². The zero-order valence-electron chi connectivity index (χ0n) is 7.90. The highest BCUT2D eigenvalue weighted by Gasteiger charge is 2.48. The number of ketones is 1. The van der Waals surface area contributed by atoms with Crippen LogP contribution < -0.4 is 0 Å². The minimum atomic E-state index is -0.705. The fourth-order valence-corrected chi connectivity index (χ4v) is 1.77. The Kier molecular flexibility index (Phi) is 1.84. The molecule has 0 aliphatic heterocycles. The third kappa shape index (κ3) is 1.04. The van der Waals surface area contributed by atoms with Crippen molar-refractivity contribution < 1.29 is 4.79 Å². The lowest BCUT2D eigenvalue weighted by Gasteiger charge is -2.32.